The second-order valence-corrected chi connectivity index (χ2v) is 4.86. The van der Waals surface area contributed by atoms with E-state index in [1.54, 1.807) is 18.1 Å². The number of aromatic nitrogens is 1. The molecule has 1 saturated heterocycles. The molecule has 1 fully saturated rings. The second-order valence-electron chi connectivity index (χ2n) is 4.86. The maximum atomic E-state index is 12.3. The van der Waals surface area contributed by atoms with Crippen molar-refractivity contribution in [3.8, 4) is 0 Å². The summed E-state index contributed by atoms with van der Waals surface area (Å²) in [5.41, 5.74) is 0.353. The fourth-order valence-corrected chi connectivity index (χ4v) is 2.36. The molecule has 0 bridgehead atoms. The molecule has 1 amide bonds. The lowest BCUT2D eigenvalue weighted by atomic mass is 10.1. The summed E-state index contributed by atoms with van der Waals surface area (Å²) in [6, 6.07) is 1.92. The van der Waals surface area contributed by atoms with Gasteiger partial charge in [-0.25, -0.2) is 0 Å². The Morgan fingerprint density at radius 2 is 2.42 bits per heavy atom. The summed E-state index contributed by atoms with van der Waals surface area (Å²) in [4.78, 5) is 14.1. The number of hydrogen-bond donors (Lipinski definition) is 1. The van der Waals surface area contributed by atoms with E-state index in [1.165, 1.54) is 0 Å². The second kappa shape index (κ2) is 6.68. The Bertz CT molecular complexity index is 411. The van der Waals surface area contributed by atoms with Gasteiger partial charge in [-0.15, -0.1) is 0 Å². The molecule has 2 heterocycles. The average molecular weight is 267 g/mol. The average Bonchev–Trinajstić information content (AvgIpc) is 2.72. The van der Waals surface area contributed by atoms with E-state index in [9.17, 15) is 4.79 Å². The summed E-state index contributed by atoms with van der Waals surface area (Å²) in [7, 11) is 3.41. The van der Waals surface area contributed by atoms with E-state index in [-0.39, 0.29) is 11.9 Å². The predicted molar refractivity (Wildman–Crippen MR) is 69.8 cm³/mol. The maximum absolute atomic E-state index is 12.3. The van der Waals surface area contributed by atoms with Gasteiger partial charge < -0.3 is 19.5 Å². The highest BCUT2D eigenvalue weighted by Gasteiger charge is 2.24. The van der Waals surface area contributed by atoms with Crippen LogP contribution in [0.2, 0.25) is 0 Å². The molecule has 0 aromatic carbocycles. The number of rotatable bonds is 4. The van der Waals surface area contributed by atoms with Crippen molar-refractivity contribution in [3.63, 3.8) is 0 Å². The molecule has 0 saturated carbocycles. The molecule has 1 N–H and O–H groups in total. The molecule has 0 aliphatic carbocycles. The van der Waals surface area contributed by atoms with Crippen molar-refractivity contribution in [2.45, 2.75) is 31.9 Å². The normalized spacial score (nSPS) is 20.0. The number of carbonyl (C=O) groups is 1. The maximum Gasteiger partial charge on any atom is 0.276 e. The highest BCUT2D eigenvalue weighted by Crippen LogP contribution is 2.15. The molecule has 106 valence electrons. The van der Waals surface area contributed by atoms with Gasteiger partial charge in [0.2, 0.25) is 0 Å². The van der Waals surface area contributed by atoms with Crippen LogP contribution in [0, 0.1) is 0 Å². The highest BCUT2D eigenvalue weighted by atomic mass is 16.5. The molecule has 6 heteroatoms. The minimum atomic E-state index is -0.0852. The van der Waals surface area contributed by atoms with Gasteiger partial charge in [-0.1, -0.05) is 5.16 Å². The quantitative estimate of drug-likeness (QED) is 0.882. The largest absolute Gasteiger partial charge is 0.377 e. The number of amides is 1. The van der Waals surface area contributed by atoms with Crippen molar-refractivity contribution < 1.29 is 14.1 Å². The molecule has 19 heavy (non-hydrogen) atoms. The van der Waals surface area contributed by atoms with E-state index < -0.39 is 0 Å². The zero-order valence-electron chi connectivity index (χ0n) is 11.5. The minimum Gasteiger partial charge on any atom is -0.377 e. The van der Waals surface area contributed by atoms with Crippen molar-refractivity contribution in [3.05, 3.63) is 17.5 Å². The molecule has 2 rings (SSSR count). The van der Waals surface area contributed by atoms with Gasteiger partial charge in [0.1, 0.15) is 6.61 Å². The Labute approximate surface area is 113 Å². The smallest absolute Gasteiger partial charge is 0.276 e. The van der Waals surface area contributed by atoms with Crippen LogP contribution in [0.3, 0.4) is 0 Å². The van der Waals surface area contributed by atoms with Crippen LogP contribution < -0.4 is 5.32 Å². The first-order valence-electron chi connectivity index (χ1n) is 6.64. The first-order valence-corrected chi connectivity index (χ1v) is 6.64. The Hall–Kier alpha value is -1.40. The Kier molecular flexibility index (Phi) is 4.93. The number of ether oxygens (including phenoxy) is 1. The number of nitrogens with zero attached hydrogens (tertiary/aromatic N) is 2. The molecule has 1 aromatic rings. The Morgan fingerprint density at radius 3 is 3.21 bits per heavy atom. The molecule has 1 aromatic heterocycles. The van der Waals surface area contributed by atoms with Crippen molar-refractivity contribution >= 4 is 5.91 Å². The van der Waals surface area contributed by atoms with Crippen LogP contribution >= 0.6 is 0 Å². The van der Waals surface area contributed by atoms with Gasteiger partial charge in [-0.3, -0.25) is 4.79 Å². The molecular formula is C13H21N3O3. The molecule has 1 unspecified atom stereocenters. The van der Waals surface area contributed by atoms with E-state index >= 15 is 0 Å². The lowest BCUT2D eigenvalue weighted by molar-refractivity contribution is 0.0709. The third kappa shape index (κ3) is 3.54. The standard InChI is InChI=1S/C13H21N3O3/c1-16(10-4-3-6-14-7-5-10)13(17)12-8-11(9-18-2)19-15-12/h8,10,14H,3-7,9H2,1-2H3. The third-order valence-electron chi connectivity index (χ3n) is 3.48. The number of carbonyl (C=O) groups excluding carboxylic acids is 1. The van der Waals surface area contributed by atoms with Crippen LogP contribution in [0.5, 0.6) is 0 Å². The summed E-state index contributed by atoms with van der Waals surface area (Å²) < 4.78 is 10.0. The summed E-state index contributed by atoms with van der Waals surface area (Å²) in [5.74, 6) is 0.486. The molecular weight excluding hydrogens is 246 g/mol. The van der Waals surface area contributed by atoms with Gasteiger partial charge in [0.05, 0.1) is 0 Å². The van der Waals surface area contributed by atoms with Crippen molar-refractivity contribution in [2.75, 3.05) is 27.2 Å². The number of methoxy groups -OCH3 is 1. The number of hydrogen-bond acceptors (Lipinski definition) is 5. The summed E-state index contributed by atoms with van der Waals surface area (Å²) in [6.45, 7) is 2.31. The van der Waals surface area contributed by atoms with Gasteiger partial charge in [-0.2, -0.15) is 0 Å². The molecule has 1 aliphatic rings. The molecule has 0 spiro atoms. The lowest BCUT2D eigenvalue weighted by Gasteiger charge is -2.26. The van der Waals surface area contributed by atoms with Crippen LogP contribution in [0.1, 0.15) is 35.5 Å². The van der Waals surface area contributed by atoms with Crippen LogP contribution in [0.15, 0.2) is 10.6 Å². The first kappa shape index (κ1) is 14.0. The van der Waals surface area contributed by atoms with Crippen LogP contribution in [-0.2, 0) is 11.3 Å². The third-order valence-corrected chi connectivity index (χ3v) is 3.48. The fraction of sp³-hybridized carbons (Fsp3) is 0.692. The van der Waals surface area contributed by atoms with Gasteiger partial charge in [0.25, 0.3) is 5.91 Å². The minimum absolute atomic E-state index is 0.0852. The van der Waals surface area contributed by atoms with Gasteiger partial charge in [0.15, 0.2) is 11.5 Å². The zero-order valence-corrected chi connectivity index (χ0v) is 11.5. The van der Waals surface area contributed by atoms with E-state index in [0.29, 0.717) is 18.1 Å². The SMILES string of the molecule is COCc1cc(C(=O)N(C)C2CCCNCC2)no1. The van der Waals surface area contributed by atoms with Crippen LogP contribution in [-0.4, -0.2) is 49.3 Å². The highest BCUT2D eigenvalue weighted by molar-refractivity contribution is 5.92. The Morgan fingerprint density at radius 1 is 1.58 bits per heavy atom. The first-order chi connectivity index (χ1) is 9.22. The fourth-order valence-electron chi connectivity index (χ4n) is 2.36. The summed E-state index contributed by atoms with van der Waals surface area (Å²) in [6.07, 6.45) is 3.10. The van der Waals surface area contributed by atoms with E-state index in [1.807, 2.05) is 7.05 Å². The van der Waals surface area contributed by atoms with E-state index in [2.05, 4.69) is 10.5 Å². The van der Waals surface area contributed by atoms with E-state index in [0.717, 1.165) is 32.4 Å². The predicted octanol–water partition coefficient (Wildman–Crippen LogP) is 1.04. The van der Waals surface area contributed by atoms with E-state index in [4.69, 9.17) is 9.26 Å². The van der Waals surface area contributed by atoms with Crippen LogP contribution in [0.4, 0.5) is 0 Å². The van der Waals surface area contributed by atoms with Crippen molar-refractivity contribution in [1.82, 2.24) is 15.4 Å². The molecule has 1 atom stereocenters. The summed E-state index contributed by atoms with van der Waals surface area (Å²) >= 11 is 0. The summed E-state index contributed by atoms with van der Waals surface area (Å²) in [5, 5.41) is 7.16. The Balaban J connectivity index is 2.00. The van der Waals surface area contributed by atoms with Crippen molar-refractivity contribution in [1.29, 1.82) is 0 Å². The van der Waals surface area contributed by atoms with Gasteiger partial charge in [-0.05, 0) is 32.4 Å². The van der Waals surface area contributed by atoms with Crippen molar-refractivity contribution in [2.24, 2.45) is 0 Å². The zero-order chi connectivity index (χ0) is 13.7. The van der Waals surface area contributed by atoms with Gasteiger partial charge >= 0.3 is 0 Å². The lowest BCUT2D eigenvalue weighted by Crippen LogP contribution is -2.37. The molecule has 0 radical (unpaired) electrons. The molecule has 6 nitrogen and oxygen atoms in total. The van der Waals surface area contributed by atoms with Gasteiger partial charge in [0, 0.05) is 26.3 Å². The topological polar surface area (TPSA) is 67.6 Å². The molecule has 1 aliphatic heterocycles. The number of nitrogens with one attached hydrogen (secondary N) is 1. The monoisotopic (exact) mass is 267 g/mol. The van der Waals surface area contributed by atoms with Crippen LogP contribution in [0.25, 0.3) is 0 Å².